The molecule has 0 fully saturated rings. The third-order valence-corrected chi connectivity index (χ3v) is 4.20. The normalized spacial score (nSPS) is 11.5. The van der Waals surface area contributed by atoms with Crippen molar-refractivity contribution in [2.75, 3.05) is 5.75 Å². The molecule has 0 bridgehead atoms. The van der Waals surface area contributed by atoms with E-state index in [4.69, 9.17) is 5.73 Å². The average Bonchev–Trinajstić information content (AvgIpc) is 2.46. The molecule has 1 aromatic carbocycles. The maximum absolute atomic E-state index is 13.3. The van der Waals surface area contributed by atoms with Crippen LogP contribution in [-0.4, -0.2) is 16.6 Å². The Hall–Kier alpha value is -2.02. The Morgan fingerprint density at radius 1 is 1.22 bits per heavy atom. The second-order valence-corrected chi connectivity index (χ2v) is 6.10. The number of hydrogen-bond donors (Lipinski definition) is 1. The largest absolute Gasteiger partial charge is 0.417 e. The van der Waals surface area contributed by atoms with Gasteiger partial charge in [-0.05, 0) is 42.3 Å². The zero-order valence-corrected chi connectivity index (χ0v) is 13.2. The van der Waals surface area contributed by atoms with Crippen molar-refractivity contribution < 1.29 is 18.0 Å². The molecule has 1 aromatic heterocycles. The highest BCUT2D eigenvalue weighted by atomic mass is 32.2. The molecule has 0 aliphatic heterocycles. The fourth-order valence-electron chi connectivity index (χ4n) is 2.04. The molecule has 0 atom stereocenters. The molecule has 0 radical (unpaired) electrons. The molecule has 0 saturated heterocycles. The Labute approximate surface area is 136 Å². The van der Waals surface area contributed by atoms with Gasteiger partial charge in [0.2, 0.25) is 5.91 Å². The van der Waals surface area contributed by atoms with Crippen molar-refractivity contribution >= 4 is 17.7 Å². The lowest BCUT2D eigenvalue weighted by atomic mass is 10.0. The lowest BCUT2D eigenvalue weighted by Gasteiger charge is -2.14. The van der Waals surface area contributed by atoms with Gasteiger partial charge in [0.05, 0.1) is 5.56 Å². The molecule has 2 aromatic rings. The van der Waals surface area contributed by atoms with Gasteiger partial charge in [-0.15, -0.1) is 11.8 Å². The number of primary amides is 1. The summed E-state index contributed by atoms with van der Waals surface area (Å²) in [6.07, 6.45) is -2.87. The zero-order valence-electron chi connectivity index (χ0n) is 12.4. The van der Waals surface area contributed by atoms with Gasteiger partial charge in [0.15, 0.2) is 0 Å². The van der Waals surface area contributed by atoms with Crippen LogP contribution in [0.25, 0.3) is 11.1 Å². The summed E-state index contributed by atoms with van der Waals surface area (Å²) in [5, 5.41) is 0. The minimum Gasteiger partial charge on any atom is -0.370 e. The summed E-state index contributed by atoms with van der Waals surface area (Å²) in [5.41, 5.74) is 6.19. The molecular formula is C16H15F3N2OS. The number of nitrogens with two attached hydrogens (primary N) is 1. The number of pyridine rings is 1. The van der Waals surface area contributed by atoms with Crippen LogP contribution in [0, 0.1) is 6.92 Å². The van der Waals surface area contributed by atoms with Gasteiger partial charge in [-0.3, -0.25) is 9.78 Å². The molecule has 2 rings (SSSR count). The highest BCUT2D eigenvalue weighted by Crippen LogP contribution is 2.39. The molecule has 122 valence electrons. The first-order chi connectivity index (χ1) is 10.8. The van der Waals surface area contributed by atoms with Crippen molar-refractivity contribution in [2.24, 2.45) is 5.73 Å². The second kappa shape index (κ2) is 7.04. The molecule has 1 amide bonds. The minimum absolute atomic E-state index is 0.0350. The van der Waals surface area contributed by atoms with Crippen LogP contribution in [0.4, 0.5) is 13.2 Å². The molecule has 1 heterocycles. The van der Waals surface area contributed by atoms with Crippen LogP contribution in [0.1, 0.15) is 17.7 Å². The maximum atomic E-state index is 13.3. The van der Waals surface area contributed by atoms with Crippen molar-refractivity contribution in [2.45, 2.75) is 24.4 Å². The monoisotopic (exact) mass is 340 g/mol. The number of carbonyl (C=O) groups excluding carboxylic acids is 1. The SMILES string of the molecule is Cc1cc(-c2ccc(SCCC(N)=O)c(C(F)(F)F)c2)ccn1. The van der Waals surface area contributed by atoms with E-state index in [9.17, 15) is 18.0 Å². The first-order valence-electron chi connectivity index (χ1n) is 6.83. The number of rotatable bonds is 5. The number of aromatic nitrogens is 1. The Balaban J connectivity index is 2.36. The van der Waals surface area contributed by atoms with Gasteiger partial charge in [-0.25, -0.2) is 0 Å². The van der Waals surface area contributed by atoms with Crippen LogP contribution in [0.3, 0.4) is 0 Å². The maximum Gasteiger partial charge on any atom is 0.417 e. The summed E-state index contributed by atoms with van der Waals surface area (Å²) in [7, 11) is 0. The van der Waals surface area contributed by atoms with Gasteiger partial charge < -0.3 is 5.73 Å². The fraction of sp³-hybridized carbons (Fsp3) is 0.250. The van der Waals surface area contributed by atoms with Crippen LogP contribution in [0.2, 0.25) is 0 Å². The number of aryl methyl sites for hydroxylation is 1. The van der Waals surface area contributed by atoms with Gasteiger partial charge >= 0.3 is 6.18 Å². The van der Waals surface area contributed by atoms with E-state index in [0.29, 0.717) is 11.1 Å². The summed E-state index contributed by atoms with van der Waals surface area (Å²) in [5.74, 6) is -0.318. The molecule has 7 heteroatoms. The van der Waals surface area contributed by atoms with Crippen molar-refractivity contribution in [3.63, 3.8) is 0 Å². The number of nitrogens with zero attached hydrogens (tertiary/aromatic N) is 1. The van der Waals surface area contributed by atoms with Crippen LogP contribution in [0.15, 0.2) is 41.4 Å². The predicted octanol–water partition coefficient (Wildman–Crippen LogP) is 4.04. The summed E-state index contributed by atoms with van der Waals surface area (Å²) in [6.45, 7) is 1.78. The van der Waals surface area contributed by atoms with Gasteiger partial charge in [0.1, 0.15) is 0 Å². The van der Waals surface area contributed by atoms with E-state index in [1.807, 2.05) is 0 Å². The number of hydrogen-bond acceptors (Lipinski definition) is 3. The first-order valence-corrected chi connectivity index (χ1v) is 7.81. The average molecular weight is 340 g/mol. The molecule has 0 aliphatic carbocycles. The van der Waals surface area contributed by atoms with Crippen molar-refractivity contribution in [1.29, 1.82) is 0 Å². The summed E-state index contributed by atoms with van der Waals surface area (Å²) in [4.78, 5) is 14.9. The fourth-order valence-corrected chi connectivity index (χ4v) is 3.06. The zero-order chi connectivity index (χ0) is 17.0. The summed E-state index contributed by atoms with van der Waals surface area (Å²) < 4.78 is 39.9. The Kier molecular flexibility index (Phi) is 5.30. The molecule has 3 nitrogen and oxygen atoms in total. The minimum atomic E-state index is -4.47. The van der Waals surface area contributed by atoms with Crippen LogP contribution >= 0.6 is 11.8 Å². The highest BCUT2D eigenvalue weighted by Gasteiger charge is 2.33. The lowest BCUT2D eigenvalue weighted by Crippen LogP contribution is -2.11. The first kappa shape index (κ1) is 17.3. The molecule has 2 N–H and O–H groups in total. The number of halogens is 3. The molecule has 0 spiro atoms. The Bertz CT molecular complexity index is 717. The van der Waals surface area contributed by atoms with Gasteiger partial charge in [0, 0.05) is 29.0 Å². The van der Waals surface area contributed by atoms with E-state index >= 15 is 0 Å². The van der Waals surface area contributed by atoms with E-state index < -0.39 is 17.6 Å². The van der Waals surface area contributed by atoms with Crippen molar-refractivity contribution in [3.8, 4) is 11.1 Å². The molecule has 0 saturated carbocycles. The van der Waals surface area contributed by atoms with Crippen LogP contribution in [0.5, 0.6) is 0 Å². The van der Waals surface area contributed by atoms with E-state index in [-0.39, 0.29) is 17.1 Å². The molecule has 0 aliphatic rings. The summed E-state index contributed by atoms with van der Waals surface area (Å²) >= 11 is 0.976. The van der Waals surface area contributed by atoms with Crippen LogP contribution < -0.4 is 5.73 Å². The smallest absolute Gasteiger partial charge is 0.370 e. The van der Waals surface area contributed by atoms with E-state index in [0.717, 1.165) is 23.5 Å². The predicted molar refractivity (Wildman–Crippen MR) is 83.9 cm³/mol. The number of benzene rings is 1. The Morgan fingerprint density at radius 3 is 2.52 bits per heavy atom. The number of alkyl halides is 3. The van der Waals surface area contributed by atoms with Crippen LogP contribution in [-0.2, 0) is 11.0 Å². The quantitative estimate of drug-likeness (QED) is 0.836. The van der Waals surface area contributed by atoms with Crippen molar-refractivity contribution in [3.05, 3.63) is 47.8 Å². The standard InChI is InChI=1S/C16H15F3N2OS/c1-10-8-12(4-6-21-10)11-2-3-14(23-7-5-15(20)22)13(9-11)16(17,18)19/h2-4,6,8-9H,5,7H2,1H3,(H2,20,22). The molecule has 0 unspecified atom stereocenters. The third kappa shape index (κ3) is 4.72. The number of thioether (sulfide) groups is 1. The third-order valence-electron chi connectivity index (χ3n) is 3.12. The topological polar surface area (TPSA) is 56.0 Å². The van der Waals surface area contributed by atoms with Crippen molar-refractivity contribution in [1.82, 2.24) is 4.98 Å². The molecule has 23 heavy (non-hydrogen) atoms. The van der Waals surface area contributed by atoms with E-state index in [1.54, 1.807) is 31.3 Å². The number of carbonyl (C=O) groups is 1. The summed E-state index contributed by atoms with van der Waals surface area (Å²) in [6, 6.07) is 7.59. The van der Waals surface area contributed by atoms with Gasteiger partial charge in [-0.1, -0.05) is 6.07 Å². The lowest BCUT2D eigenvalue weighted by molar-refractivity contribution is -0.139. The highest BCUT2D eigenvalue weighted by molar-refractivity contribution is 7.99. The van der Waals surface area contributed by atoms with Gasteiger partial charge in [-0.2, -0.15) is 13.2 Å². The van der Waals surface area contributed by atoms with E-state index in [2.05, 4.69) is 4.98 Å². The molecular weight excluding hydrogens is 325 g/mol. The Morgan fingerprint density at radius 2 is 1.91 bits per heavy atom. The van der Waals surface area contributed by atoms with Gasteiger partial charge in [0.25, 0.3) is 0 Å². The number of amides is 1. The second-order valence-electron chi connectivity index (χ2n) is 4.96. The van der Waals surface area contributed by atoms with E-state index in [1.165, 1.54) is 6.07 Å².